The number of nitrogens with one attached hydrogen (secondary N) is 2. The van der Waals surface area contributed by atoms with Crippen LogP contribution in [0.1, 0.15) is 73.7 Å². The second-order valence-electron chi connectivity index (χ2n) is 9.75. The number of hydrogen-bond donors (Lipinski definition) is 2. The molecular weight excluding hydrogens is 450 g/mol. The van der Waals surface area contributed by atoms with Crippen LogP contribution in [0.4, 0.5) is 5.69 Å². The molecule has 0 saturated heterocycles. The highest BCUT2D eigenvalue weighted by atomic mass is 32.2. The van der Waals surface area contributed by atoms with Gasteiger partial charge in [-0.1, -0.05) is 38.2 Å². The summed E-state index contributed by atoms with van der Waals surface area (Å²) in [6, 6.07) is 13.5. The fourth-order valence-electron chi connectivity index (χ4n) is 6.05. The number of fused-ring (bicyclic) bond motifs is 2. The van der Waals surface area contributed by atoms with Gasteiger partial charge in [-0.3, -0.25) is 9.52 Å². The predicted octanol–water partition coefficient (Wildman–Crippen LogP) is 6.12. The maximum absolute atomic E-state index is 13.8. The topological polar surface area (TPSA) is 73.3 Å². The molecule has 5 nitrogen and oxygen atoms in total. The van der Waals surface area contributed by atoms with Crippen LogP contribution in [0.15, 0.2) is 52.3 Å². The van der Waals surface area contributed by atoms with Crippen LogP contribution < -0.4 is 9.62 Å². The van der Waals surface area contributed by atoms with Gasteiger partial charge in [0.25, 0.3) is 5.91 Å². The van der Waals surface area contributed by atoms with Crippen molar-refractivity contribution < 1.29 is 9.00 Å². The Kier molecular flexibility index (Phi) is 6.31. The molecule has 3 aliphatic rings. The summed E-state index contributed by atoms with van der Waals surface area (Å²) in [6.45, 7) is 0.706. The highest BCUT2D eigenvalue weighted by Gasteiger charge is 2.45. The molecule has 1 heterocycles. The number of carbonyl (C=O) groups excluding carboxylic acids is 1. The van der Waals surface area contributed by atoms with E-state index in [4.69, 9.17) is 4.78 Å². The molecule has 2 N–H and O–H groups in total. The Morgan fingerprint density at radius 1 is 1.09 bits per heavy atom. The van der Waals surface area contributed by atoms with Crippen molar-refractivity contribution in [3.05, 3.63) is 53.6 Å². The lowest BCUT2D eigenvalue weighted by molar-refractivity contribution is 0.0982. The second kappa shape index (κ2) is 9.08. The van der Waals surface area contributed by atoms with Crippen molar-refractivity contribution in [1.29, 1.82) is 4.78 Å². The molecule has 5 rings (SSSR count). The number of carbonyl (C=O) groups is 1. The van der Waals surface area contributed by atoms with Crippen molar-refractivity contribution in [1.82, 2.24) is 4.72 Å². The minimum absolute atomic E-state index is 0.0258. The van der Waals surface area contributed by atoms with E-state index in [1.165, 1.54) is 29.7 Å². The maximum Gasteiger partial charge on any atom is 0.258 e. The molecule has 0 bridgehead atoms. The van der Waals surface area contributed by atoms with Gasteiger partial charge in [0.2, 0.25) is 0 Å². The van der Waals surface area contributed by atoms with E-state index >= 15 is 0 Å². The van der Waals surface area contributed by atoms with Crippen molar-refractivity contribution in [3.63, 3.8) is 0 Å². The average molecular weight is 484 g/mol. The van der Waals surface area contributed by atoms with Crippen molar-refractivity contribution in [3.8, 4) is 0 Å². The number of benzene rings is 2. The van der Waals surface area contributed by atoms with Crippen LogP contribution in [0.5, 0.6) is 0 Å². The molecule has 2 aliphatic carbocycles. The van der Waals surface area contributed by atoms with Crippen LogP contribution in [0.3, 0.4) is 0 Å². The van der Waals surface area contributed by atoms with Gasteiger partial charge >= 0.3 is 0 Å². The highest BCUT2D eigenvalue weighted by Crippen LogP contribution is 2.50. The molecule has 0 aromatic heterocycles. The molecule has 1 unspecified atom stereocenters. The second-order valence-corrected chi connectivity index (χ2v) is 13.2. The van der Waals surface area contributed by atoms with E-state index < -0.39 is 9.73 Å². The molecule has 2 aromatic carbocycles. The largest absolute Gasteiger partial charge is 0.307 e. The van der Waals surface area contributed by atoms with Gasteiger partial charge in [0.15, 0.2) is 0 Å². The third kappa shape index (κ3) is 4.13. The first-order chi connectivity index (χ1) is 15.9. The van der Waals surface area contributed by atoms with Crippen molar-refractivity contribution >= 4 is 33.3 Å². The monoisotopic (exact) mass is 483 g/mol. The van der Waals surface area contributed by atoms with Gasteiger partial charge in [-0.05, 0) is 86.6 Å². The van der Waals surface area contributed by atoms with E-state index in [-0.39, 0.29) is 16.6 Å². The van der Waals surface area contributed by atoms with Crippen molar-refractivity contribution in [2.24, 2.45) is 0 Å². The van der Waals surface area contributed by atoms with Crippen LogP contribution in [-0.4, -0.2) is 29.0 Å². The molecule has 1 aliphatic heterocycles. The molecule has 2 saturated carbocycles. The summed E-state index contributed by atoms with van der Waals surface area (Å²) in [5, 5.41) is -0.0935. The van der Waals surface area contributed by atoms with Crippen LogP contribution in [-0.2, 0) is 15.1 Å². The summed E-state index contributed by atoms with van der Waals surface area (Å²) >= 11 is 1.61. The lowest BCUT2D eigenvalue weighted by Gasteiger charge is -2.34. The Labute approximate surface area is 201 Å². The fourth-order valence-corrected chi connectivity index (χ4v) is 8.57. The van der Waals surface area contributed by atoms with Gasteiger partial charge in [0.1, 0.15) is 0 Å². The van der Waals surface area contributed by atoms with Crippen molar-refractivity contribution in [2.75, 3.05) is 18.5 Å². The number of rotatable bonds is 5. The molecule has 33 heavy (non-hydrogen) atoms. The number of amides is 1. The molecule has 1 atom stereocenters. The van der Waals surface area contributed by atoms with Crippen LogP contribution in [0.25, 0.3) is 0 Å². The molecule has 176 valence electrons. The molecule has 2 fully saturated rings. The van der Waals surface area contributed by atoms with E-state index in [9.17, 15) is 9.00 Å². The van der Waals surface area contributed by atoms with Gasteiger partial charge in [-0.25, -0.2) is 8.99 Å². The predicted molar refractivity (Wildman–Crippen MR) is 136 cm³/mol. The fraction of sp³-hybridized carbons (Fsp3) is 0.500. The summed E-state index contributed by atoms with van der Waals surface area (Å²) in [6.07, 6.45) is 9.64. The molecule has 1 spiro atoms. The summed E-state index contributed by atoms with van der Waals surface area (Å²) in [7, 11) is -0.975. The van der Waals surface area contributed by atoms with Crippen LogP contribution >= 0.6 is 11.9 Å². The molecule has 7 heteroatoms. The Morgan fingerprint density at radius 3 is 2.58 bits per heavy atom. The molecule has 1 amide bonds. The van der Waals surface area contributed by atoms with Crippen molar-refractivity contribution in [2.45, 2.75) is 78.2 Å². The molecular formula is C26H33N3O2S2. The van der Waals surface area contributed by atoms with Crippen LogP contribution in [0, 0.1) is 4.78 Å². The first-order valence-corrected chi connectivity index (χ1v) is 14.6. The first-order valence-electron chi connectivity index (χ1n) is 12.1. The van der Waals surface area contributed by atoms with Gasteiger partial charge in [0, 0.05) is 38.3 Å². The standard InChI is InChI=1S/C26H33N3O2S2/c1-28-32-20-12-13-24-23(17-20)26(14-5-2-6-15-26)18-29(24)25(30)19-8-7-11-22(16-19)33(27,31)21-9-3-4-10-21/h7-8,11-13,16-17,21,27-28H,2-6,9-10,14-15,18H2,1H3. The van der Waals surface area contributed by atoms with E-state index in [2.05, 4.69) is 22.9 Å². The lowest BCUT2D eigenvalue weighted by Crippen LogP contribution is -2.38. The quantitative estimate of drug-likeness (QED) is 0.502. The van der Waals surface area contributed by atoms with Crippen LogP contribution in [0.2, 0.25) is 0 Å². The third-order valence-electron chi connectivity index (χ3n) is 7.77. The Balaban J connectivity index is 1.50. The van der Waals surface area contributed by atoms with Gasteiger partial charge in [-0.2, -0.15) is 0 Å². The van der Waals surface area contributed by atoms with Gasteiger partial charge < -0.3 is 4.90 Å². The van der Waals surface area contributed by atoms with E-state index in [1.807, 2.05) is 18.0 Å². The molecule has 0 radical (unpaired) electrons. The van der Waals surface area contributed by atoms with E-state index in [0.717, 1.165) is 44.2 Å². The minimum Gasteiger partial charge on any atom is -0.307 e. The summed E-state index contributed by atoms with van der Waals surface area (Å²) in [5.74, 6) is -0.0452. The maximum atomic E-state index is 13.8. The highest BCUT2D eigenvalue weighted by molar-refractivity contribution is 7.97. The third-order valence-corrected chi connectivity index (χ3v) is 10.8. The Morgan fingerprint density at radius 2 is 1.85 bits per heavy atom. The zero-order valence-corrected chi connectivity index (χ0v) is 20.9. The zero-order valence-electron chi connectivity index (χ0n) is 19.3. The molecule has 2 aromatic rings. The Bertz CT molecular complexity index is 1150. The summed E-state index contributed by atoms with van der Waals surface area (Å²) < 4.78 is 25.2. The summed E-state index contributed by atoms with van der Waals surface area (Å²) in [4.78, 5) is 17.4. The minimum atomic E-state index is -2.90. The van der Waals surface area contributed by atoms with E-state index in [1.54, 1.807) is 30.1 Å². The van der Waals surface area contributed by atoms with Gasteiger partial charge in [0.05, 0.1) is 9.73 Å². The van der Waals surface area contributed by atoms with Gasteiger partial charge in [-0.15, -0.1) is 0 Å². The first kappa shape index (κ1) is 22.9. The zero-order chi connectivity index (χ0) is 23.1. The Hall–Kier alpha value is -1.83. The lowest BCUT2D eigenvalue weighted by atomic mass is 9.71. The number of hydrogen-bond acceptors (Lipinski definition) is 5. The average Bonchev–Trinajstić information content (AvgIpc) is 3.48. The number of nitrogens with zero attached hydrogens (tertiary/aromatic N) is 1. The smallest absolute Gasteiger partial charge is 0.258 e. The van der Waals surface area contributed by atoms with E-state index in [0.29, 0.717) is 17.0 Å². The number of anilines is 1. The SMILES string of the molecule is CNSc1ccc2c(c1)C1(CCCCC1)CN2C(=O)c1cccc(S(=N)(=O)C2CCCC2)c1. The normalized spacial score (nSPS) is 21.8. The summed E-state index contributed by atoms with van der Waals surface area (Å²) in [5.41, 5.74) is 2.87.